The van der Waals surface area contributed by atoms with Crippen molar-refractivity contribution in [3.8, 4) is 5.75 Å². The van der Waals surface area contributed by atoms with Gasteiger partial charge in [-0.25, -0.2) is 18.6 Å². The van der Waals surface area contributed by atoms with Crippen LogP contribution in [0.15, 0.2) is 6.07 Å². The van der Waals surface area contributed by atoms with E-state index in [4.69, 9.17) is 16.3 Å². The molecular formula is C9H8ClF2NO3. The van der Waals surface area contributed by atoms with Crippen LogP contribution >= 0.6 is 11.6 Å². The molecule has 1 aromatic rings. The average Bonchev–Trinajstić information content (AvgIpc) is 2.26. The summed E-state index contributed by atoms with van der Waals surface area (Å²) in [5.74, 6) is -0.902. The molecule has 0 amide bonds. The fourth-order valence-corrected chi connectivity index (χ4v) is 1.37. The van der Waals surface area contributed by atoms with Crippen LogP contribution < -0.4 is 4.74 Å². The second kappa shape index (κ2) is 5.07. The number of rotatable bonds is 3. The summed E-state index contributed by atoms with van der Waals surface area (Å²) in [6, 6.07) is 0.890. The smallest absolute Gasteiger partial charge is 0.341 e. The molecular weight excluding hydrogens is 244 g/mol. The normalized spacial score (nSPS) is 10.4. The lowest BCUT2D eigenvalue weighted by atomic mass is 10.2. The lowest BCUT2D eigenvalue weighted by Crippen LogP contribution is -2.07. The maximum Gasteiger partial charge on any atom is 0.341 e. The van der Waals surface area contributed by atoms with E-state index in [2.05, 4.69) is 9.72 Å². The highest BCUT2D eigenvalue weighted by Gasteiger charge is 2.21. The van der Waals surface area contributed by atoms with Crippen molar-refractivity contribution in [1.29, 1.82) is 0 Å². The number of esters is 1. The van der Waals surface area contributed by atoms with E-state index < -0.39 is 18.1 Å². The third-order valence-electron chi connectivity index (χ3n) is 1.78. The van der Waals surface area contributed by atoms with E-state index in [1.165, 1.54) is 7.11 Å². The number of carbonyl (C=O) groups is 1. The first-order valence-corrected chi connectivity index (χ1v) is 4.50. The number of methoxy groups -OCH3 is 2. The first kappa shape index (κ1) is 12.6. The number of carbonyl (C=O) groups excluding carboxylic acids is 1. The van der Waals surface area contributed by atoms with Crippen LogP contribution in [0, 0.1) is 0 Å². The van der Waals surface area contributed by atoms with Gasteiger partial charge in [-0.3, -0.25) is 0 Å². The zero-order valence-corrected chi connectivity index (χ0v) is 9.22. The Kier molecular flexibility index (Phi) is 4.00. The Hall–Kier alpha value is -1.43. The molecule has 4 nitrogen and oxygen atoms in total. The SMILES string of the molecule is COC(=O)c1cc(C(F)F)nc(Cl)c1OC. The zero-order valence-electron chi connectivity index (χ0n) is 8.46. The highest BCUT2D eigenvalue weighted by Crippen LogP contribution is 2.31. The number of pyridine rings is 1. The summed E-state index contributed by atoms with van der Waals surface area (Å²) in [6.45, 7) is 0. The van der Waals surface area contributed by atoms with Crippen LogP contribution in [0.5, 0.6) is 5.75 Å². The van der Waals surface area contributed by atoms with Gasteiger partial charge in [0.1, 0.15) is 11.3 Å². The van der Waals surface area contributed by atoms with Crippen molar-refractivity contribution in [2.75, 3.05) is 14.2 Å². The quantitative estimate of drug-likeness (QED) is 0.612. The Bertz CT molecular complexity index is 412. The molecule has 1 aromatic heterocycles. The molecule has 0 spiro atoms. The standard InChI is InChI=1S/C9H8ClF2NO3/c1-15-6-4(9(14)16-2)3-5(8(11)12)13-7(6)10/h3,8H,1-2H3. The van der Waals surface area contributed by atoms with Crippen molar-refractivity contribution in [3.63, 3.8) is 0 Å². The fourth-order valence-electron chi connectivity index (χ4n) is 1.09. The van der Waals surface area contributed by atoms with Gasteiger partial charge < -0.3 is 9.47 Å². The van der Waals surface area contributed by atoms with Crippen LogP contribution in [-0.4, -0.2) is 25.2 Å². The minimum absolute atomic E-state index is 0.0853. The van der Waals surface area contributed by atoms with E-state index in [1.807, 2.05) is 0 Å². The van der Waals surface area contributed by atoms with Gasteiger partial charge >= 0.3 is 5.97 Å². The van der Waals surface area contributed by atoms with Gasteiger partial charge in [-0.05, 0) is 6.07 Å². The van der Waals surface area contributed by atoms with Gasteiger partial charge in [-0.1, -0.05) is 11.6 Å². The Morgan fingerprint density at radius 3 is 2.56 bits per heavy atom. The Morgan fingerprint density at radius 1 is 1.50 bits per heavy atom. The van der Waals surface area contributed by atoms with Gasteiger partial charge in [-0.2, -0.15) is 0 Å². The monoisotopic (exact) mass is 251 g/mol. The number of ether oxygens (including phenoxy) is 2. The third-order valence-corrected chi connectivity index (χ3v) is 2.04. The van der Waals surface area contributed by atoms with Crippen molar-refractivity contribution in [2.45, 2.75) is 6.43 Å². The van der Waals surface area contributed by atoms with Crippen molar-refractivity contribution in [1.82, 2.24) is 4.98 Å². The molecule has 0 bridgehead atoms. The molecule has 0 saturated heterocycles. The summed E-state index contributed by atoms with van der Waals surface area (Å²) in [5.41, 5.74) is -0.786. The van der Waals surface area contributed by atoms with E-state index in [1.54, 1.807) is 0 Å². The van der Waals surface area contributed by atoms with Gasteiger partial charge in [0.05, 0.1) is 14.2 Å². The Morgan fingerprint density at radius 2 is 2.12 bits per heavy atom. The molecule has 7 heteroatoms. The maximum atomic E-state index is 12.4. The zero-order chi connectivity index (χ0) is 12.3. The number of halogens is 3. The second-order valence-electron chi connectivity index (χ2n) is 2.71. The summed E-state index contributed by atoms with van der Waals surface area (Å²) in [7, 11) is 2.37. The second-order valence-corrected chi connectivity index (χ2v) is 3.07. The molecule has 0 radical (unpaired) electrons. The maximum absolute atomic E-state index is 12.4. The van der Waals surface area contributed by atoms with E-state index in [0.717, 1.165) is 13.2 Å². The van der Waals surface area contributed by atoms with E-state index in [9.17, 15) is 13.6 Å². The van der Waals surface area contributed by atoms with Gasteiger partial charge in [0, 0.05) is 0 Å². The predicted octanol–water partition coefficient (Wildman–Crippen LogP) is 2.47. The molecule has 0 N–H and O–H groups in total. The minimum atomic E-state index is -2.83. The van der Waals surface area contributed by atoms with Crippen LogP contribution in [0.3, 0.4) is 0 Å². The highest BCUT2D eigenvalue weighted by atomic mass is 35.5. The summed E-state index contributed by atoms with van der Waals surface area (Å²) in [4.78, 5) is 14.7. The molecule has 0 aromatic carbocycles. The lowest BCUT2D eigenvalue weighted by Gasteiger charge is -2.09. The Labute approximate surface area is 95.1 Å². The molecule has 0 atom stereocenters. The highest BCUT2D eigenvalue weighted by molar-refractivity contribution is 6.31. The molecule has 88 valence electrons. The van der Waals surface area contributed by atoms with Crippen molar-refractivity contribution < 1.29 is 23.0 Å². The van der Waals surface area contributed by atoms with Crippen LogP contribution in [0.2, 0.25) is 5.15 Å². The first-order valence-electron chi connectivity index (χ1n) is 4.12. The number of hydrogen-bond acceptors (Lipinski definition) is 4. The molecule has 1 heterocycles. The predicted molar refractivity (Wildman–Crippen MR) is 52.1 cm³/mol. The van der Waals surface area contributed by atoms with Gasteiger partial charge in [0.15, 0.2) is 10.9 Å². The molecule has 0 fully saturated rings. The van der Waals surface area contributed by atoms with E-state index >= 15 is 0 Å². The van der Waals surface area contributed by atoms with Crippen molar-refractivity contribution in [3.05, 3.63) is 22.5 Å². The number of hydrogen-bond donors (Lipinski definition) is 0. The first-order chi connectivity index (χ1) is 7.51. The minimum Gasteiger partial charge on any atom is -0.493 e. The summed E-state index contributed by atoms with van der Waals surface area (Å²) < 4.78 is 34.0. The number of alkyl halides is 2. The molecule has 0 aliphatic carbocycles. The molecule has 16 heavy (non-hydrogen) atoms. The summed E-state index contributed by atoms with van der Waals surface area (Å²) >= 11 is 5.60. The van der Waals surface area contributed by atoms with E-state index in [0.29, 0.717) is 0 Å². The van der Waals surface area contributed by atoms with Crippen molar-refractivity contribution in [2.24, 2.45) is 0 Å². The molecule has 1 rings (SSSR count). The molecule has 0 aliphatic heterocycles. The van der Waals surface area contributed by atoms with Crippen LogP contribution in [0.25, 0.3) is 0 Å². The topological polar surface area (TPSA) is 48.4 Å². The van der Waals surface area contributed by atoms with Gasteiger partial charge in [0.25, 0.3) is 6.43 Å². The van der Waals surface area contributed by atoms with Crippen LogP contribution in [0.1, 0.15) is 22.5 Å². The summed E-state index contributed by atoms with van der Waals surface area (Å²) in [6.07, 6.45) is -2.83. The largest absolute Gasteiger partial charge is 0.493 e. The average molecular weight is 252 g/mol. The number of nitrogens with zero attached hydrogens (tertiary/aromatic N) is 1. The number of aromatic nitrogens is 1. The third kappa shape index (κ3) is 2.38. The summed E-state index contributed by atoms with van der Waals surface area (Å²) in [5, 5.41) is -0.305. The fraction of sp³-hybridized carbons (Fsp3) is 0.333. The van der Waals surface area contributed by atoms with Crippen molar-refractivity contribution >= 4 is 17.6 Å². The molecule has 0 unspecified atom stereocenters. The van der Waals surface area contributed by atoms with E-state index in [-0.39, 0.29) is 16.5 Å². The van der Waals surface area contributed by atoms with Gasteiger partial charge in [-0.15, -0.1) is 0 Å². The molecule has 0 saturated carbocycles. The molecule has 0 aliphatic rings. The lowest BCUT2D eigenvalue weighted by molar-refractivity contribution is 0.0596. The van der Waals surface area contributed by atoms with Gasteiger partial charge in [0.2, 0.25) is 0 Å². The van der Waals surface area contributed by atoms with Crippen LogP contribution in [-0.2, 0) is 4.74 Å². The van der Waals surface area contributed by atoms with Crippen LogP contribution in [0.4, 0.5) is 8.78 Å². The Balaban J connectivity index is 3.36.